The molecular weight excluding hydrogens is 256 g/mol. The summed E-state index contributed by atoms with van der Waals surface area (Å²) < 4.78 is 10.7. The molecule has 1 heterocycles. The van der Waals surface area contributed by atoms with Crippen LogP contribution in [0.3, 0.4) is 0 Å². The largest absolute Gasteiger partial charge is 0.484 e. The molecule has 0 aliphatic heterocycles. The van der Waals surface area contributed by atoms with Gasteiger partial charge in [-0.1, -0.05) is 18.1 Å². The van der Waals surface area contributed by atoms with Crippen molar-refractivity contribution >= 4 is 0 Å². The number of aryl methyl sites for hydroxylation is 2. The lowest BCUT2D eigenvalue weighted by Gasteiger charge is -2.21. The van der Waals surface area contributed by atoms with Gasteiger partial charge in [-0.2, -0.15) is 4.98 Å². The normalized spacial score (nSPS) is 17.8. The van der Waals surface area contributed by atoms with Crippen LogP contribution in [0.15, 0.2) is 22.7 Å². The monoisotopic (exact) mass is 274 g/mol. The van der Waals surface area contributed by atoms with E-state index in [0.717, 1.165) is 37.0 Å². The maximum absolute atomic E-state index is 10.0. The number of hydrogen-bond donors (Lipinski definition) is 1. The van der Waals surface area contributed by atoms with E-state index in [4.69, 9.17) is 9.26 Å². The Morgan fingerprint density at radius 1 is 1.45 bits per heavy atom. The van der Waals surface area contributed by atoms with E-state index in [1.807, 2.05) is 25.1 Å². The molecule has 0 fully saturated rings. The van der Waals surface area contributed by atoms with E-state index in [-0.39, 0.29) is 12.7 Å². The van der Waals surface area contributed by atoms with Gasteiger partial charge in [-0.15, -0.1) is 0 Å². The third kappa shape index (κ3) is 2.67. The van der Waals surface area contributed by atoms with Crippen molar-refractivity contribution in [3.05, 3.63) is 41.0 Å². The van der Waals surface area contributed by atoms with Crippen molar-refractivity contribution in [3.63, 3.8) is 0 Å². The molecule has 0 radical (unpaired) electrons. The Labute approximate surface area is 117 Å². The average Bonchev–Trinajstić information content (AvgIpc) is 2.94. The first-order valence-corrected chi connectivity index (χ1v) is 7.01. The van der Waals surface area contributed by atoms with E-state index in [1.54, 1.807) is 0 Å². The second kappa shape index (κ2) is 5.63. The molecule has 0 spiro atoms. The van der Waals surface area contributed by atoms with Crippen molar-refractivity contribution in [2.45, 2.75) is 45.3 Å². The van der Waals surface area contributed by atoms with Gasteiger partial charge >= 0.3 is 0 Å². The van der Waals surface area contributed by atoms with Gasteiger partial charge in [0.2, 0.25) is 0 Å². The van der Waals surface area contributed by atoms with Crippen LogP contribution in [0.2, 0.25) is 0 Å². The quantitative estimate of drug-likeness (QED) is 0.928. The predicted octanol–water partition coefficient (Wildman–Crippen LogP) is 2.58. The van der Waals surface area contributed by atoms with Gasteiger partial charge in [-0.3, -0.25) is 0 Å². The van der Waals surface area contributed by atoms with Crippen molar-refractivity contribution in [1.29, 1.82) is 0 Å². The fraction of sp³-hybridized carbons (Fsp3) is 0.467. The molecule has 0 bridgehead atoms. The highest BCUT2D eigenvalue weighted by Crippen LogP contribution is 2.32. The zero-order valence-corrected chi connectivity index (χ0v) is 11.5. The molecule has 1 atom stereocenters. The van der Waals surface area contributed by atoms with Crippen molar-refractivity contribution in [2.75, 3.05) is 0 Å². The summed E-state index contributed by atoms with van der Waals surface area (Å²) >= 11 is 0. The van der Waals surface area contributed by atoms with Crippen molar-refractivity contribution < 1.29 is 14.4 Å². The molecular formula is C15H18N2O3. The van der Waals surface area contributed by atoms with E-state index < -0.39 is 0 Å². The molecule has 5 nitrogen and oxygen atoms in total. The van der Waals surface area contributed by atoms with Gasteiger partial charge in [0.05, 0.1) is 6.10 Å². The molecule has 1 aromatic heterocycles. The van der Waals surface area contributed by atoms with E-state index >= 15 is 0 Å². The Hall–Kier alpha value is -1.88. The molecule has 2 aromatic rings. The lowest BCUT2D eigenvalue weighted by atomic mass is 9.89. The molecule has 3 rings (SSSR count). The molecule has 0 amide bonds. The fourth-order valence-electron chi connectivity index (χ4n) is 2.48. The third-order valence-corrected chi connectivity index (χ3v) is 3.59. The van der Waals surface area contributed by atoms with Crippen LogP contribution >= 0.6 is 0 Å². The minimum atomic E-state index is -0.377. The molecule has 106 valence electrons. The number of nitrogens with zero attached hydrogens (tertiary/aromatic N) is 2. The van der Waals surface area contributed by atoms with Crippen LogP contribution in [-0.4, -0.2) is 15.2 Å². The molecule has 0 saturated heterocycles. The van der Waals surface area contributed by atoms with Crippen LogP contribution in [0.1, 0.15) is 48.7 Å². The van der Waals surface area contributed by atoms with E-state index in [9.17, 15) is 5.11 Å². The first-order valence-electron chi connectivity index (χ1n) is 7.01. The number of hydrogen-bond acceptors (Lipinski definition) is 5. The number of rotatable bonds is 4. The maximum atomic E-state index is 10.0. The Bertz CT molecular complexity index is 595. The van der Waals surface area contributed by atoms with Crippen LogP contribution in [-0.2, 0) is 19.4 Å². The van der Waals surface area contributed by atoms with E-state index in [0.29, 0.717) is 11.7 Å². The highest BCUT2D eigenvalue weighted by Gasteiger charge is 2.18. The molecule has 1 unspecified atom stereocenters. The standard InChI is InChI=1S/C15H18N2O3/c1-2-14-16-15(20-17-14)9-19-11-7-6-10-4-3-5-13(18)12(10)8-11/h6-8,13,18H,2-5,9H2,1H3. The summed E-state index contributed by atoms with van der Waals surface area (Å²) in [6, 6.07) is 5.86. The van der Waals surface area contributed by atoms with Gasteiger partial charge in [0.25, 0.3) is 5.89 Å². The van der Waals surface area contributed by atoms with Crippen LogP contribution in [0.4, 0.5) is 0 Å². The van der Waals surface area contributed by atoms with Gasteiger partial charge in [0.15, 0.2) is 12.4 Å². The highest BCUT2D eigenvalue weighted by atomic mass is 16.5. The summed E-state index contributed by atoms with van der Waals surface area (Å²) in [7, 11) is 0. The van der Waals surface area contributed by atoms with Gasteiger partial charge < -0.3 is 14.4 Å². The Balaban J connectivity index is 1.70. The number of ether oxygens (including phenoxy) is 1. The van der Waals surface area contributed by atoms with Crippen molar-refractivity contribution in [1.82, 2.24) is 10.1 Å². The Kier molecular flexibility index (Phi) is 3.69. The highest BCUT2D eigenvalue weighted by molar-refractivity contribution is 5.38. The summed E-state index contributed by atoms with van der Waals surface area (Å²) in [4.78, 5) is 4.19. The molecule has 1 N–H and O–H groups in total. The van der Waals surface area contributed by atoms with Gasteiger partial charge in [0, 0.05) is 6.42 Å². The van der Waals surface area contributed by atoms with Gasteiger partial charge in [0.1, 0.15) is 5.75 Å². The minimum absolute atomic E-state index is 0.252. The average molecular weight is 274 g/mol. The Morgan fingerprint density at radius 2 is 2.35 bits per heavy atom. The number of aliphatic hydroxyl groups is 1. The first kappa shape index (κ1) is 13.1. The maximum Gasteiger partial charge on any atom is 0.264 e. The molecule has 1 aliphatic rings. The lowest BCUT2D eigenvalue weighted by molar-refractivity contribution is 0.155. The predicted molar refractivity (Wildman–Crippen MR) is 72.3 cm³/mol. The van der Waals surface area contributed by atoms with E-state index in [1.165, 1.54) is 5.56 Å². The smallest absolute Gasteiger partial charge is 0.264 e. The summed E-state index contributed by atoms with van der Waals surface area (Å²) in [6.07, 6.45) is 3.25. The van der Waals surface area contributed by atoms with Gasteiger partial charge in [-0.05, 0) is 42.5 Å². The summed E-state index contributed by atoms with van der Waals surface area (Å²) in [5.41, 5.74) is 2.19. The second-order valence-electron chi connectivity index (χ2n) is 5.02. The van der Waals surface area contributed by atoms with Crippen molar-refractivity contribution in [3.8, 4) is 5.75 Å². The summed E-state index contributed by atoms with van der Waals surface area (Å²) in [6.45, 7) is 2.22. The first-order chi connectivity index (χ1) is 9.76. The zero-order chi connectivity index (χ0) is 13.9. The van der Waals surface area contributed by atoms with E-state index in [2.05, 4.69) is 10.1 Å². The molecule has 20 heavy (non-hydrogen) atoms. The fourth-order valence-corrected chi connectivity index (χ4v) is 2.48. The molecule has 1 aromatic carbocycles. The zero-order valence-electron chi connectivity index (χ0n) is 11.5. The molecule has 1 aliphatic carbocycles. The number of fused-ring (bicyclic) bond motifs is 1. The second-order valence-corrected chi connectivity index (χ2v) is 5.02. The minimum Gasteiger partial charge on any atom is -0.484 e. The summed E-state index contributed by atoms with van der Waals surface area (Å²) in [5, 5.41) is 13.8. The molecule has 5 heteroatoms. The topological polar surface area (TPSA) is 68.4 Å². The van der Waals surface area contributed by atoms with Crippen LogP contribution in [0.25, 0.3) is 0 Å². The number of aromatic nitrogens is 2. The van der Waals surface area contributed by atoms with Gasteiger partial charge in [-0.25, -0.2) is 0 Å². The number of aliphatic hydroxyl groups excluding tert-OH is 1. The SMILES string of the molecule is CCc1noc(COc2ccc3c(c2)C(O)CCC3)n1. The van der Waals surface area contributed by atoms with Crippen molar-refractivity contribution in [2.24, 2.45) is 0 Å². The Morgan fingerprint density at radius 3 is 3.15 bits per heavy atom. The lowest BCUT2D eigenvalue weighted by Crippen LogP contribution is -2.09. The summed E-state index contributed by atoms with van der Waals surface area (Å²) in [5.74, 6) is 1.88. The van der Waals surface area contributed by atoms with Crippen LogP contribution in [0.5, 0.6) is 5.75 Å². The van der Waals surface area contributed by atoms with Crippen LogP contribution in [0, 0.1) is 0 Å². The van der Waals surface area contributed by atoms with Crippen LogP contribution < -0.4 is 4.74 Å². The third-order valence-electron chi connectivity index (χ3n) is 3.59. The number of benzene rings is 1. The molecule has 0 saturated carbocycles.